The molecule has 1 rings (SSSR count). The molecule has 0 aromatic heterocycles. The molecule has 3 N–H and O–H groups in total. The molecule has 0 spiro atoms. The molecule has 0 bridgehead atoms. The number of rotatable bonds is 7. The van der Waals surface area contributed by atoms with Crippen molar-refractivity contribution in [3.05, 3.63) is 34.4 Å². The van der Waals surface area contributed by atoms with Crippen LogP contribution in [-0.2, 0) is 0 Å². The molecule has 0 aliphatic carbocycles. The third kappa shape index (κ3) is 5.48. The first-order valence-electron chi connectivity index (χ1n) is 5.04. The molecule has 0 aliphatic rings. The number of nitro benzene ring substituents is 1. The van der Waals surface area contributed by atoms with Crippen molar-refractivity contribution < 1.29 is 10.0 Å². The van der Waals surface area contributed by atoms with Crippen molar-refractivity contribution >= 4 is 23.8 Å². The van der Waals surface area contributed by atoms with Crippen LogP contribution in [0.25, 0.3) is 0 Å². The maximum absolute atomic E-state index is 10.7. The van der Waals surface area contributed by atoms with Gasteiger partial charge in [0, 0.05) is 25.7 Å². The number of hydrogen-bond donors (Lipinski definition) is 3. The predicted molar refractivity (Wildman–Crippen MR) is 68.8 cm³/mol. The SMILES string of the molecule is Cl.O=[N+]([O-])c1ccccc1NCCNCCO. The first-order valence-corrected chi connectivity index (χ1v) is 5.04. The van der Waals surface area contributed by atoms with E-state index in [1.165, 1.54) is 6.07 Å². The lowest BCUT2D eigenvalue weighted by atomic mass is 10.2. The summed E-state index contributed by atoms with van der Waals surface area (Å²) >= 11 is 0. The Morgan fingerprint density at radius 2 is 1.94 bits per heavy atom. The quantitative estimate of drug-likeness (QED) is 0.387. The fraction of sp³-hybridized carbons (Fsp3) is 0.400. The molecule has 0 saturated heterocycles. The molecule has 0 aliphatic heterocycles. The van der Waals surface area contributed by atoms with Crippen LogP contribution in [0.5, 0.6) is 0 Å². The minimum Gasteiger partial charge on any atom is -0.395 e. The first-order chi connectivity index (χ1) is 7.75. The average Bonchev–Trinajstić information content (AvgIpc) is 2.29. The van der Waals surface area contributed by atoms with Gasteiger partial charge < -0.3 is 15.7 Å². The second kappa shape index (κ2) is 8.74. The monoisotopic (exact) mass is 261 g/mol. The van der Waals surface area contributed by atoms with Crippen molar-refractivity contribution in [3.63, 3.8) is 0 Å². The number of aliphatic hydroxyl groups excluding tert-OH is 1. The van der Waals surface area contributed by atoms with Crippen LogP contribution in [0.2, 0.25) is 0 Å². The lowest BCUT2D eigenvalue weighted by Crippen LogP contribution is -2.25. The van der Waals surface area contributed by atoms with Gasteiger partial charge in [-0.2, -0.15) is 0 Å². The van der Waals surface area contributed by atoms with E-state index in [0.29, 0.717) is 25.3 Å². The molecule has 7 heteroatoms. The summed E-state index contributed by atoms with van der Waals surface area (Å²) in [6.45, 7) is 1.83. The largest absolute Gasteiger partial charge is 0.395 e. The van der Waals surface area contributed by atoms with Gasteiger partial charge in [-0.15, -0.1) is 12.4 Å². The number of halogens is 1. The molecule has 0 saturated carbocycles. The van der Waals surface area contributed by atoms with E-state index in [0.717, 1.165) is 0 Å². The zero-order chi connectivity index (χ0) is 11.8. The van der Waals surface area contributed by atoms with Crippen molar-refractivity contribution in [2.45, 2.75) is 0 Å². The summed E-state index contributed by atoms with van der Waals surface area (Å²) in [4.78, 5) is 10.3. The summed E-state index contributed by atoms with van der Waals surface area (Å²) in [7, 11) is 0. The molecular formula is C10H16ClN3O3. The van der Waals surface area contributed by atoms with E-state index in [-0.39, 0.29) is 24.7 Å². The maximum atomic E-state index is 10.7. The topological polar surface area (TPSA) is 87.4 Å². The van der Waals surface area contributed by atoms with Gasteiger partial charge in [-0.05, 0) is 6.07 Å². The molecule has 1 aromatic rings. The lowest BCUT2D eigenvalue weighted by molar-refractivity contribution is -0.384. The molecule has 0 heterocycles. The van der Waals surface area contributed by atoms with Gasteiger partial charge in [-0.25, -0.2) is 0 Å². The number of aliphatic hydroxyl groups is 1. The van der Waals surface area contributed by atoms with Crippen LogP contribution in [0, 0.1) is 10.1 Å². The summed E-state index contributed by atoms with van der Waals surface area (Å²) in [5.74, 6) is 0. The summed E-state index contributed by atoms with van der Waals surface area (Å²) in [5, 5.41) is 25.1. The van der Waals surface area contributed by atoms with E-state index < -0.39 is 4.92 Å². The normalized spacial score (nSPS) is 9.47. The fourth-order valence-corrected chi connectivity index (χ4v) is 1.27. The van der Waals surface area contributed by atoms with Gasteiger partial charge in [0.1, 0.15) is 5.69 Å². The van der Waals surface area contributed by atoms with Crippen molar-refractivity contribution in [1.29, 1.82) is 0 Å². The molecule has 0 radical (unpaired) electrons. The van der Waals surface area contributed by atoms with Gasteiger partial charge in [0.2, 0.25) is 0 Å². The van der Waals surface area contributed by atoms with E-state index in [9.17, 15) is 10.1 Å². The highest BCUT2D eigenvalue weighted by Crippen LogP contribution is 2.22. The summed E-state index contributed by atoms with van der Waals surface area (Å²) in [6.07, 6.45) is 0. The van der Waals surface area contributed by atoms with Crippen molar-refractivity contribution in [2.75, 3.05) is 31.6 Å². The van der Waals surface area contributed by atoms with Gasteiger partial charge in [0.25, 0.3) is 5.69 Å². The highest BCUT2D eigenvalue weighted by molar-refractivity contribution is 5.85. The Morgan fingerprint density at radius 3 is 2.59 bits per heavy atom. The number of para-hydroxylation sites is 2. The second-order valence-electron chi connectivity index (χ2n) is 3.17. The molecule has 1 aromatic carbocycles. The minimum atomic E-state index is -0.413. The summed E-state index contributed by atoms with van der Waals surface area (Å²) < 4.78 is 0. The number of nitrogens with one attached hydrogen (secondary N) is 2. The van der Waals surface area contributed by atoms with Crippen molar-refractivity contribution in [3.8, 4) is 0 Å². The van der Waals surface area contributed by atoms with Crippen LogP contribution in [0.4, 0.5) is 11.4 Å². The van der Waals surface area contributed by atoms with E-state index in [1.807, 2.05) is 0 Å². The van der Waals surface area contributed by atoms with E-state index in [4.69, 9.17) is 5.11 Å². The molecule has 0 fully saturated rings. The fourth-order valence-electron chi connectivity index (χ4n) is 1.27. The van der Waals surface area contributed by atoms with E-state index in [1.54, 1.807) is 18.2 Å². The Hall–Kier alpha value is -1.37. The molecule has 0 unspecified atom stereocenters. The smallest absolute Gasteiger partial charge is 0.292 e. The standard InChI is InChI=1S/C10H15N3O3.ClH/c14-8-7-11-5-6-12-9-3-1-2-4-10(9)13(15)16;/h1-4,11-12,14H,5-8H2;1H. The maximum Gasteiger partial charge on any atom is 0.292 e. The van der Waals surface area contributed by atoms with E-state index in [2.05, 4.69) is 10.6 Å². The van der Waals surface area contributed by atoms with Crippen LogP contribution < -0.4 is 10.6 Å². The number of benzene rings is 1. The number of nitrogens with zero attached hydrogens (tertiary/aromatic N) is 1. The average molecular weight is 262 g/mol. The highest BCUT2D eigenvalue weighted by atomic mass is 35.5. The van der Waals surface area contributed by atoms with Gasteiger partial charge in [-0.3, -0.25) is 10.1 Å². The molecule has 6 nitrogen and oxygen atoms in total. The van der Waals surface area contributed by atoms with Crippen LogP contribution >= 0.6 is 12.4 Å². The Kier molecular flexibility index (Phi) is 8.04. The molecule has 0 atom stereocenters. The Morgan fingerprint density at radius 1 is 1.24 bits per heavy atom. The Bertz CT molecular complexity index is 349. The molecule has 96 valence electrons. The zero-order valence-electron chi connectivity index (χ0n) is 9.26. The van der Waals surface area contributed by atoms with Gasteiger partial charge in [0.05, 0.1) is 11.5 Å². The molecular weight excluding hydrogens is 246 g/mol. The van der Waals surface area contributed by atoms with Gasteiger partial charge in [-0.1, -0.05) is 12.1 Å². The molecule has 17 heavy (non-hydrogen) atoms. The lowest BCUT2D eigenvalue weighted by Gasteiger charge is -2.07. The number of anilines is 1. The van der Waals surface area contributed by atoms with Crippen LogP contribution in [0.3, 0.4) is 0 Å². The third-order valence-electron chi connectivity index (χ3n) is 2.01. The number of nitro groups is 1. The van der Waals surface area contributed by atoms with Gasteiger partial charge in [0.15, 0.2) is 0 Å². The van der Waals surface area contributed by atoms with E-state index >= 15 is 0 Å². The minimum absolute atomic E-state index is 0. The highest BCUT2D eigenvalue weighted by Gasteiger charge is 2.10. The first kappa shape index (κ1) is 15.6. The zero-order valence-corrected chi connectivity index (χ0v) is 10.1. The van der Waals surface area contributed by atoms with Crippen LogP contribution in [0.15, 0.2) is 24.3 Å². The Labute approximate surface area is 106 Å². The van der Waals surface area contributed by atoms with Crippen LogP contribution in [0.1, 0.15) is 0 Å². The van der Waals surface area contributed by atoms with Crippen molar-refractivity contribution in [1.82, 2.24) is 5.32 Å². The van der Waals surface area contributed by atoms with Gasteiger partial charge >= 0.3 is 0 Å². The second-order valence-corrected chi connectivity index (χ2v) is 3.17. The molecule has 0 amide bonds. The van der Waals surface area contributed by atoms with Crippen molar-refractivity contribution in [2.24, 2.45) is 0 Å². The third-order valence-corrected chi connectivity index (χ3v) is 2.01. The summed E-state index contributed by atoms with van der Waals surface area (Å²) in [5.41, 5.74) is 0.586. The predicted octanol–water partition coefficient (Wildman–Crippen LogP) is 1.01. The number of hydrogen-bond acceptors (Lipinski definition) is 5. The summed E-state index contributed by atoms with van der Waals surface area (Å²) in [6, 6.07) is 6.51. The Balaban J connectivity index is 0.00000256. The van der Waals surface area contributed by atoms with Crippen LogP contribution in [-0.4, -0.2) is 36.3 Å².